The van der Waals surface area contributed by atoms with Crippen molar-refractivity contribution in [3.8, 4) is 0 Å². The first-order valence-corrected chi connectivity index (χ1v) is 11.2. The van der Waals surface area contributed by atoms with Gasteiger partial charge in [0.05, 0.1) is 5.56 Å². The molecule has 3 aromatic rings. The van der Waals surface area contributed by atoms with Gasteiger partial charge < -0.3 is 15.7 Å². The molecule has 0 radical (unpaired) electrons. The van der Waals surface area contributed by atoms with E-state index in [0.29, 0.717) is 23.4 Å². The lowest BCUT2D eigenvalue weighted by molar-refractivity contribution is 0.0696. The summed E-state index contributed by atoms with van der Waals surface area (Å²) in [7, 11) is 0. The summed E-state index contributed by atoms with van der Waals surface area (Å²) in [6.07, 6.45) is 0. The van der Waals surface area contributed by atoms with Crippen LogP contribution in [-0.4, -0.2) is 40.9 Å². The van der Waals surface area contributed by atoms with Crippen LogP contribution in [0.25, 0.3) is 0 Å². The Morgan fingerprint density at radius 3 is 2.06 bits per heavy atom. The average Bonchev–Trinajstić information content (AvgIpc) is 2.86. The summed E-state index contributed by atoms with van der Waals surface area (Å²) in [5, 5.41) is 14.7. The number of nitrogens with one attached hydrogen (secondary N) is 2. The minimum atomic E-state index is -1.05. The van der Waals surface area contributed by atoms with E-state index in [1.807, 2.05) is 18.2 Å². The van der Waals surface area contributed by atoms with E-state index >= 15 is 0 Å². The Hall–Kier alpha value is -3.97. The molecule has 0 unspecified atom stereocenters. The molecule has 0 heterocycles. The minimum absolute atomic E-state index is 0.105. The van der Waals surface area contributed by atoms with Crippen LogP contribution < -0.4 is 10.6 Å². The zero-order valence-corrected chi connectivity index (χ0v) is 19.4. The van der Waals surface area contributed by atoms with Crippen molar-refractivity contribution in [1.82, 2.24) is 10.2 Å². The summed E-state index contributed by atoms with van der Waals surface area (Å²) >= 11 is 0. The van der Waals surface area contributed by atoms with E-state index < -0.39 is 5.97 Å². The zero-order valence-electron chi connectivity index (χ0n) is 19.4. The molecule has 7 nitrogen and oxygen atoms in total. The van der Waals surface area contributed by atoms with E-state index in [4.69, 9.17) is 5.11 Å². The van der Waals surface area contributed by atoms with Gasteiger partial charge in [-0.15, -0.1) is 0 Å². The molecule has 3 rings (SSSR count). The third-order valence-electron chi connectivity index (χ3n) is 5.62. The predicted molar refractivity (Wildman–Crippen MR) is 132 cm³/mol. The lowest BCUT2D eigenvalue weighted by atomic mass is 10.1. The number of carbonyl (C=O) groups excluding carboxylic acids is 2. The SMILES string of the molecule is CCN(CC)Cc1ccccc1CNC(=O)c1cccc(NC(=O)c2ccc(C(=O)O)cc2)c1. The van der Waals surface area contributed by atoms with Crippen LogP contribution in [0.4, 0.5) is 5.69 Å². The summed E-state index contributed by atoms with van der Waals surface area (Å²) in [4.78, 5) is 38.6. The van der Waals surface area contributed by atoms with Crippen molar-refractivity contribution in [3.05, 3.63) is 101 Å². The molecule has 0 aliphatic carbocycles. The fourth-order valence-corrected chi connectivity index (χ4v) is 3.56. The molecule has 0 aliphatic heterocycles. The van der Waals surface area contributed by atoms with Gasteiger partial charge in [0.25, 0.3) is 11.8 Å². The Labute approximate surface area is 199 Å². The molecule has 34 heavy (non-hydrogen) atoms. The molecule has 7 heteroatoms. The van der Waals surface area contributed by atoms with Crippen LogP contribution in [-0.2, 0) is 13.1 Å². The van der Waals surface area contributed by atoms with Crippen LogP contribution in [0.1, 0.15) is 56.0 Å². The van der Waals surface area contributed by atoms with Gasteiger partial charge in [0.2, 0.25) is 0 Å². The first-order chi connectivity index (χ1) is 16.4. The zero-order chi connectivity index (χ0) is 24.5. The number of carboxylic acid groups (broad SMARTS) is 1. The van der Waals surface area contributed by atoms with E-state index in [-0.39, 0.29) is 17.4 Å². The van der Waals surface area contributed by atoms with E-state index in [1.54, 1.807) is 24.3 Å². The van der Waals surface area contributed by atoms with E-state index in [2.05, 4.69) is 35.4 Å². The third-order valence-corrected chi connectivity index (χ3v) is 5.62. The van der Waals surface area contributed by atoms with Gasteiger partial charge in [0, 0.05) is 29.9 Å². The van der Waals surface area contributed by atoms with Crippen LogP contribution in [0.15, 0.2) is 72.8 Å². The van der Waals surface area contributed by atoms with Gasteiger partial charge >= 0.3 is 5.97 Å². The van der Waals surface area contributed by atoms with Crippen molar-refractivity contribution < 1.29 is 19.5 Å². The highest BCUT2D eigenvalue weighted by atomic mass is 16.4. The summed E-state index contributed by atoms with van der Waals surface area (Å²) < 4.78 is 0. The molecular weight excluding hydrogens is 430 g/mol. The van der Waals surface area contributed by atoms with Crippen LogP contribution in [0.3, 0.4) is 0 Å². The third kappa shape index (κ3) is 6.52. The molecule has 0 bridgehead atoms. The van der Waals surface area contributed by atoms with E-state index in [1.165, 1.54) is 29.8 Å². The highest BCUT2D eigenvalue weighted by Gasteiger charge is 2.12. The number of nitrogens with zero attached hydrogens (tertiary/aromatic N) is 1. The number of carbonyl (C=O) groups is 3. The number of carboxylic acids is 1. The number of hydrogen-bond donors (Lipinski definition) is 3. The first-order valence-electron chi connectivity index (χ1n) is 11.2. The van der Waals surface area contributed by atoms with Crippen molar-refractivity contribution in [2.24, 2.45) is 0 Å². The number of aromatic carboxylic acids is 1. The highest BCUT2D eigenvalue weighted by Crippen LogP contribution is 2.15. The highest BCUT2D eigenvalue weighted by molar-refractivity contribution is 6.05. The lowest BCUT2D eigenvalue weighted by Gasteiger charge is -2.20. The molecule has 2 amide bonds. The van der Waals surface area contributed by atoms with E-state index in [9.17, 15) is 14.4 Å². The Morgan fingerprint density at radius 1 is 0.765 bits per heavy atom. The smallest absolute Gasteiger partial charge is 0.335 e. The average molecular weight is 460 g/mol. The molecule has 3 N–H and O–H groups in total. The number of anilines is 1. The number of amides is 2. The quantitative estimate of drug-likeness (QED) is 0.417. The van der Waals surface area contributed by atoms with Crippen molar-refractivity contribution in [1.29, 1.82) is 0 Å². The van der Waals surface area contributed by atoms with Crippen LogP contribution in [0.5, 0.6) is 0 Å². The maximum Gasteiger partial charge on any atom is 0.335 e. The number of hydrogen-bond acceptors (Lipinski definition) is 4. The topological polar surface area (TPSA) is 98.7 Å². The van der Waals surface area contributed by atoms with Crippen LogP contribution in [0, 0.1) is 0 Å². The lowest BCUT2D eigenvalue weighted by Crippen LogP contribution is -2.26. The largest absolute Gasteiger partial charge is 0.478 e. The van der Waals surface area contributed by atoms with Crippen molar-refractivity contribution >= 4 is 23.5 Å². The maximum atomic E-state index is 12.8. The molecule has 0 aromatic heterocycles. The van der Waals surface area contributed by atoms with Crippen LogP contribution in [0.2, 0.25) is 0 Å². The second-order valence-electron chi connectivity index (χ2n) is 7.83. The second-order valence-corrected chi connectivity index (χ2v) is 7.83. The normalized spacial score (nSPS) is 10.7. The predicted octanol–water partition coefficient (Wildman–Crippen LogP) is 4.41. The maximum absolute atomic E-state index is 12.8. The molecule has 3 aromatic carbocycles. The molecule has 176 valence electrons. The summed E-state index contributed by atoms with van der Waals surface area (Å²) in [5.74, 6) is -1.68. The van der Waals surface area contributed by atoms with Gasteiger partial charge in [0.1, 0.15) is 0 Å². The molecule has 0 saturated heterocycles. The second kappa shape index (κ2) is 11.8. The Kier molecular flexibility index (Phi) is 8.54. The van der Waals surface area contributed by atoms with Gasteiger partial charge in [-0.1, -0.05) is 44.2 Å². The summed E-state index contributed by atoms with van der Waals surface area (Å²) in [6.45, 7) is 7.41. The van der Waals surface area contributed by atoms with Crippen molar-refractivity contribution in [3.63, 3.8) is 0 Å². The van der Waals surface area contributed by atoms with Gasteiger partial charge in [-0.05, 0) is 66.7 Å². The number of benzene rings is 3. The van der Waals surface area contributed by atoms with Crippen molar-refractivity contribution in [2.75, 3.05) is 18.4 Å². The van der Waals surface area contributed by atoms with Crippen LogP contribution >= 0.6 is 0 Å². The van der Waals surface area contributed by atoms with Gasteiger partial charge in [-0.3, -0.25) is 14.5 Å². The molecule has 0 atom stereocenters. The van der Waals surface area contributed by atoms with E-state index in [0.717, 1.165) is 25.2 Å². The van der Waals surface area contributed by atoms with Crippen molar-refractivity contribution in [2.45, 2.75) is 26.9 Å². The number of rotatable bonds is 10. The first kappa shape index (κ1) is 24.7. The van der Waals surface area contributed by atoms with Gasteiger partial charge in [0.15, 0.2) is 0 Å². The fourth-order valence-electron chi connectivity index (χ4n) is 3.56. The molecule has 0 fully saturated rings. The van der Waals surface area contributed by atoms with Gasteiger partial charge in [-0.25, -0.2) is 4.79 Å². The standard InChI is InChI=1S/C27H29N3O4/c1-3-30(4-2)18-23-9-6-5-8-22(23)17-28-25(31)21-10-7-11-24(16-21)29-26(32)19-12-14-20(15-13-19)27(33)34/h5-16H,3-4,17-18H2,1-2H3,(H,28,31)(H,29,32)(H,33,34). The fraction of sp³-hybridized carbons (Fsp3) is 0.222. The summed E-state index contributed by atoms with van der Waals surface area (Å²) in [6, 6.07) is 20.4. The summed E-state index contributed by atoms with van der Waals surface area (Å²) in [5.41, 5.74) is 3.58. The van der Waals surface area contributed by atoms with Gasteiger partial charge in [-0.2, -0.15) is 0 Å². The molecule has 0 saturated carbocycles. The minimum Gasteiger partial charge on any atom is -0.478 e. The Balaban J connectivity index is 1.64. The molecule has 0 spiro atoms. The Bertz CT molecular complexity index is 1150. The monoisotopic (exact) mass is 459 g/mol. The Morgan fingerprint density at radius 2 is 1.41 bits per heavy atom. The molecular formula is C27H29N3O4. The molecule has 0 aliphatic rings.